The standard InChI is InChI=1S/C17H16F2N4O2S/c1-12(13-3-5-14(6-4-13)23-11-20-10-21-23)22(2)26(24,25)15-7-8-16(18)17(19)9-15/h3-12H,1-2H3/t12-/m1/s1. The van der Waals surface area contributed by atoms with Crippen LogP contribution in [-0.2, 0) is 10.0 Å². The lowest BCUT2D eigenvalue weighted by molar-refractivity contribution is 0.397. The predicted octanol–water partition coefficient (Wildman–Crippen LogP) is 2.93. The van der Waals surface area contributed by atoms with Crippen LogP contribution < -0.4 is 0 Å². The van der Waals surface area contributed by atoms with E-state index >= 15 is 0 Å². The van der Waals surface area contributed by atoms with Crippen LogP contribution in [0.3, 0.4) is 0 Å². The zero-order valence-corrected chi connectivity index (χ0v) is 14.9. The number of hydrogen-bond donors (Lipinski definition) is 0. The van der Waals surface area contributed by atoms with E-state index in [2.05, 4.69) is 10.1 Å². The highest BCUT2D eigenvalue weighted by atomic mass is 32.2. The van der Waals surface area contributed by atoms with Gasteiger partial charge in [0, 0.05) is 13.1 Å². The molecule has 0 fully saturated rings. The van der Waals surface area contributed by atoms with Crippen molar-refractivity contribution >= 4 is 10.0 Å². The lowest BCUT2D eigenvalue weighted by Crippen LogP contribution is -2.30. The van der Waals surface area contributed by atoms with Gasteiger partial charge in [-0.3, -0.25) is 0 Å². The van der Waals surface area contributed by atoms with Crippen LogP contribution in [0.5, 0.6) is 0 Å². The molecule has 6 nitrogen and oxygen atoms in total. The van der Waals surface area contributed by atoms with Gasteiger partial charge in [0.2, 0.25) is 10.0 Å². The van der Waals surface area contributed by atoms with Crippen LogP contribution in [0.1, 0.15) is 18.5 Å². The molecule has 1 atom stereocenters. The molecule has 0 saturated heterocycles. The Morgan fingerprint density at radius 3 is 2.35 bits per heavy atom. The lowest BCUT2D eigenvalue weighted by atomic mass is 10.1. The number of hydrogen-bond acceptors (Lipinski definition) is 4. The van der Waals surface area contributed by atoms with E-state index in [1.807, 2.05) is 0 Å². The summed E-state index contributed by atoms with van der Waals surface area (Å²) in [6.07, 6.45) is 2.97. The molecule has 136 valence electrons. The van der Waals surface area contributed by atoms with Gasteiger partial charge in [-0.2, -0.15) is 9.40 Å². The molecular weight excluding hydrogens is 362 g/mol. The average Bonchev–Trinajstić information content (AvgIpc) is 3.17. The molecule has 0 saturated carbocycles. The van der Waals surface area contributed by atoms with Crippen LogP contribution in [0.25, 0.3) is 5.69 Å². The highest BCUT2D eigenvalue weighted by Crippen LogP contribution is 2.27. The Morgan fingerprint density at radius 1 is 1.08 bits per heavy atom. The Kier molecular flexibility index (Phi) is 4.84. The lowest BCUT2D eigenvalue weighted by Gasteiger charge is -2.25. The number of nitrogens with zero attached hydrogens (tertiary/aromatic N) is 4. The first-order valence-electron chi connectivity index (χ1n) is 7.69. The van der Waals surface area contributed by atoms with E-state index in [0.717, 1.165) is 27.7 Å². The molecule has 0 spiro atoms. The van der Waals surface area contributed by atoms with Crippen molar-refractivity contribution in [1.82, 2.24) is 19.1 Å². The maximum absolute atomic E-state index is 13.4. The quantitative estimate of drug-likeness (QED) is 0.685. The SMILES string of the molecule is C[C@H](c1ccc(-n2cncn2)cc1)N(C)S(=O)(=O)c1ccc(F)c(F)c1. The number of rotatable bonds is 5. The molecule has 0 radical (unpaired) electrons. The van der Waals surface area contributed by atoms with Crippen LogP contribution >= 0.6 is 0 Å². The predicted molar refractivity (Wildman–Crippen MR) is 91.1 cm³/mol. The van der Waals surface area contributed by atoms with Crippen molar-refractivity contribution in [2.24, 2.45) is 0 Å². The monoisotopic (exact) mass is 378 g/mol. The van der Waals surface area contributed by atoms with Crippen molar-refractivity contribution in [3.63, 3.8) is 0 Å². The fourth-order valence-corrected chi connectivity index (χ4v) is 3.83. The summed E-state index contributed by atoms with van der Waals surface area (Å²) in [5.74, 6) is -2.30. The van der Waals surface area contributed by atoms with Gasteiger partial charge in [-0.05, 0) is 42.8 Å². The second-order valence-electron chi connectivity index (χ2n) is 5.70. The summed E-state index contributed by atoms with van der Waals surface area (Å²) in [5.41, 5.74) is 1.52. The minimum Gasteiger partial charge on any atom is -0.223 e. The molecule has 3 aromatic rings. The van der Waals surface area contributed by atoms with E-state index in [-0.39, 0.29) is 4.90 Å². The second-order valence-corrected chi connectivity index (χ2v) is 7.70. The second kappa shape index (κ2) is 6.93. The van der Waals surface area contributed by atoms with Crippen molar-refractivity contribution in [1.29, 1.82) is 0 Å². The topological polar surface area (TPSA) is 68.1 Å². The summed E-state index contributed by atoms with van der Waals surface area (Å²) in [6, 6.07) is 9.15. The van der Waals surface area contributed by atoms with E-state index in [9.17, 15) is 17.2 Å². The third kappa shape index (κ3) is 3.35. The van der Waals surface area contributed by atoms with Crippen LogP contribution in [-0.4, -0.2) is 34.5 Å². The van der Waals surface area contributed by atoms with E-state index < -0.39 is 27.7 Å². The molecule has 1 aromatic heterocycles. The van der Waals surface area contributed by atoms with E-state index in [1.54, 1.807) is 42.2 Å². The zero-order chi connectivity index (χ0) is 18.9. The smallest absolute Gasteiger partial charge is 0.223 e. The summed E-state index contributed by atoms with van der Waals surface area (Å²) in [6.45, 7) is 1.71. The van der Waals surface area contributed by atoms with Crippen LogP contribution in [0.15, 0.2) is 60.0 Å². The summed E-state index contributed by atoms with van der Waals surface area (Å²) < 4.78 is 54.5. The molecule has 1 heterocycles. The largest absolute Gasteiger partial charge is 0.243 e. The van der Waals surface area contributed by atoms with E-state index in [0.29, 0.717) is 6.07 Å². The van der Waals surface area contributed by atoms with Gasteiger partial charge in [-0.25, -0.2) is 26.9 Å². The van der Waals surface area contributed by atoms with Crippen molar-refractivity contribution in [3.05, 3.63) is 72.3 Å². The normalized spacial score (nSPS) is 13.1. The van der Waals surface area contributed by atoms with Gasteiger partial charge in [0.05, 0.1) is 10.6 Å². The number of benzene rings is 2. The maximum atomic E-state index is 13.4. The summed E-state index contributed by atoms with van der Waals surface area (Å²) in [4.78, 5) is 3.57. The minimum absolute atomic E-state index is 0.301. The molecule has 0 aliphatic heterocycles. The molecule has 26 heavy (non-hydrogen) atoms. The Bertz CT molecular complexity index is 1010. The highest BCUT2D eigenvalue weighted by Gasteiger charge is 2.27. The van der Waals surface area contributed by atoms with Gasteiger partial charge in [-0.15, -0.1) is 0 Å². The number of aromatic nitrogens is 3. The zero-order valence-electron chi connectivity index (χ0n) is 14.0. The van der Waals surface area contributed by atoms with Crippen LogP contribution in [0.2, 0.25) is 0 Å². The Labute approximate surface area is 149 Å². The Morgan fingerprint density at radius 2 is 1.77 bits per heavy atom. The van der Waals surface area contributed by atoms with Gasteiger partial charge < -0.3 is 0 Å². The van der Waals surface area contributed by atoms with Crippen molar-refractivity contribution < 1.29 is 17.2 Å². The van der Waals surface area contributed by atoms with Crippen molar-refractivity contribution in [3.8, 4) is 5.69 Å². The van der Waals surface area contributed by atoms with Crippen molar-refractivity contribution in [2.45, 2.75) is 17.9 Å². The molecule has 0 aliphatic carbocycles. The fourth-order valence-electron chi connectivity index (χ4n) is 2.47. The van der Waals surface area contributed by atoms with Gasteiger partial charge in [-0.1, -0.05) is 12.1 Å². The van der Waals surface area contributed by atoms with Gasteiger partial charge in [0.15, 0.2) is 11.6 Å². The summed E-state index contributed by atoms with van der Waals surface area (Å²) >= 11 is 0. The molecule has 0 amide bonds. The first kappa shape index (κ1) is 18.2. The third-order valence-corrected chi connectivity index (χ3v) is 6.10. The molecule has 0 N–H and O–H groups in total. The van der Waals surface area contributed by atoms with E-state index in [4.69, 9.17) is 0 Å². The fraction of sp³-hybridized carbons (Fsp3) is 0.176. The molecule has 0 aliphatic rings. The molecule has 3 rings (SSSR count). The van der Waals surface area contributed by atoms with Crippen LogP contribution in [0, 0.1) is 11.6 Å². The van der Waals surface area contributed by atoms with Gasteiger partial charge in [0.25, 0.3) is 0 Å². The van der Waals surface area contributed by atoms with E-state index in [1.165, 1.54) is 13.4 Å². The number of sulfonamides is 1. The number of halogens is 2. The minimum atomic E-state index is -3.98. The first-order valence-corrected chi connectivity index (χ1v) is 9.13. The van der Waals surface area contributed by atoms with Crippen LogP contribution in [0.4, 0.5) is 8.78 Å². The third-order valence-electron chi connectivity index (χ3n) is 4.17. The first-order chi connectivity index (χ1) is 12.3. The van der Waals surface area contributed by atoms with Crippen molar-refractivity contribution in [2.75, 3.05) is 7.05 Å². The highest BCUT2D eigenvalue weighted by molar-refractivity contribution is 7.89. The van der Waals surface area contributed by atoms with Gasteiger partial charge in [0.1, 0.15) is 12.7 Å². The molecule has 2 aromatic carbocycles. The summed E-state index contributed by atoms with van der Waals surface area (Å²) in [5, 5.41) is 4.02. The Hall–Kier alpha value is -2.65. The van der Waals surface area contributed by atoms with Gasteiger partial charge >= 0.3 is 0 Å². The molecule has 0 unspecified atom stereocenters. The summed E-state index contributed by atoms with van der Waals surface area (Å²) in [7, 11) is -2.58. The average molecular weight is 378 g/mol. The Balaban J connectivity index is 1.86. The molecular formula is C17H16F2N4O2S. The molecule has 0 bridgehead atoms. The maximum Gasteiger partial charge on any atom is 0.243 e. The molecule has 9 heteroatoms.